The summed E-state index contributed by atoms with van der Waals surface area (Å²) < 4.78 is 55.8. The van der Waals surface area contributed by atoms with E-state index in [2.05, 4.69) is 27.7 Å². The van der Waals surface area contributed by atoms with Crippen LogP contribution in [0.5, 0.6) is 23.0 Å². The second-order valence-corrected chi connectivity index (χ2v) is 21.3. The van der Waals surface area contributed by atoms with Crippen molar-refractivity contribution in [2.75, 3.05) is 13.2 Å². The van der Waals surface area contributed by atoms with Crippen LogP contribution in [0.25, 0.3) is 22.3 Å². The van der Waals surface area contributed by atoms with E-state index in [1.807, 2.05) is 121 Å². The zero-order chi connectivity index (χ0) is 42.8. The summed E-state index contributed by atoms with van der Waals surface area (Å²) in [7, 11) is -7.38. The number of phenols is 2. The van der Waals surface area contributed by atoms with Gasteiger partial charge in [-0.25, -0.2) is 0 Å². The van der Waals surface area contributed by atoms with E-state index >= 15 is 9.13 Å². The average molecular weight is 857 g/mol. The number of aromatic hydroxyl groups is 2. The lowest BCUT2D eigenvalue weighted by atomic mass is 9.76. The summed E-state index contributed by atoms with van der Waals surface area (Å²) in [6, 6.07) is 38.0. The van der Waals surface area contributed by atoms with Crippen molar-refractivity contribution in [2.45, 2.75) is 84.3 Å². The van der Waals surface area contributed by atoms with Gasteiger partial charge >= 0.3 is 0 Å². The first-order valence-electron chi connectivity index (χ1n) is 21.3. The zero-order valence-corrected chi connectivity index (χ0v) is 37.1. The predicted molar refractivity (Wildman–Crippen MR) is 244 cm³/mol. The molecule has 0 spiro atoms. The molecule has 2 aliphatic rings. The Bertz CT molecular complexity index is 2500. The fourth-order valence-corrected chi connectivity index (χ4v) is 13.1. The van der Waals surface area contributed by atoms with Gasteiger partial charge in [-0.05, 0) is 71.5 Å². The first-order chi connectivity index (χ1) is 29.5. The van der Waals surface area contributed by atoms with Gasteiger partial charge in [0.2, 0.25) is 0 Å². The van der Waals surface area contributed by atoms with E-state index < -0.39 is 20.2 Å². The third-order valence-corrected chi connectivity index (χ3v) is 16.7. The predicted octanol–water partition coefficient (Wildman–Crippen LogP) is 12.4. The summed E-state index contributed by atoms with van der Waals surface area (Å²) in [5.41, 5.74) is 6.37. The average Bonchev–Trinajstić information content (AvgIpc) is 3.26. The van der Waals surface area contributed by atoms with Gasteiger partial charge in [-0.15, -0.1) is 0 Å². The molecule has 10 heteroatoms. The Morgan fingerprint density at radius 1 is 0.525 bits per heavy atom. The molecule has 6 aromatic rings. The van der Waals surface area contributed by atoms with Gasteiger partial charge in [-0.3, -0.25) is 9.13 Å². The first kappa shape index (κ1) is 42.6. The maximum Gasteiger partial charge on any atom is 0.282 e. The van der Waals surface area contributed by atoms with Crippen LogP contribution in [0.1, 0.15) is 86.8 Å². The van der Waals surface area contributed by atoms with Gasteiger partial charge in [-0.1, -0.05) is 125 Å². The highest BCUT2D eigenvalue weighted by molar-refractivity contribution is 7.67. The highest BCUT2D eigenvalue weighted by Crippen LogP contribution is 2.60. The molecule has 0 saturated carbocycles. The van der Waals surface area contributed by atoms with E-state index in [9.17, 15) is 10.2 Å². The summed E-state index contributed by atoms with van der Waals surface area (Å²) in [6.07, 6.45) is 3.57. The molecule has 61 heavy (non-hydrogen) atoms. The number of fused-ring (bicyclic) bond motifs is 6. The second-order valence-electron chi connectivity index (χ2n) is 16.6. The minimum Gasteiger partial charge on any atom is -0.507 e. The Hall–Kier alpha value is -5.10. The zero-order valence-electron chi connectivity index (χ0n) is 35.4. The van der Waals surface area contributed by atoms with Crippen molar-refractivity contribution in [2.24, 2.45) is 0 Å². The number of ether oxygens (including phenoxy) is 2. The van der Waals surface area contributed by atoms with Crippen molar-refractivity contribution in [1.82, 2.24) is 0 Å². The van der Waals surface area contributed by atoms with Gasteiger partial charge in [0.05, 0.1) is 36.1 Å². The topological polar surface area (TPSA) is 112 Å². The van der Waals surface area contributed by atoms with Crippen LogP contribution in [0.2, 0.25) is 0 Å². The van der Waals surface area contributed by atoms with Crippen molar-refractivity contribution in [3.8, 4) is 45.3 Å². The minimum atomic E-state index is -3.69. The van der Waals surface area contributed by atoms with E-state index in [1.165, 1.54) is 0 Å². The molecular weight excluding hydrogens is 803 g/mol. The standard InChI is InChI=1S/C51H54O8P2/c1-5-7-25-56-31-35-27-39(28-36(49(35)52)32-57-26-8-6-2)51(3,4)40-29-37(33-60(54)47-23-15-11-19-43(47)41-17-9-13-21-45(41)58-60)50(53)38(30-40)34-61(55)48-24-16-12-20-44(48)42-18-10-14-22-46(42)59-61/h9-24,27-30,52-53H,5-8,25-26,31-34H2,1-4H3. The number of hydrogen-bond donors (Lipinski definition) is 2. The number of hydrogen-bond acceptors (Lipinski definition) is 8. The molecule has 0 amide bonds. The van der Waals surface area contributed by atoms with E-state index in [4.69, 9.17) is 18.5 Å². The van der Waals surface area contributed by atoms with Gasteiger partial charge in [0.15, 0.2) is 0 Å². The number of rotatable bonds is 16. The fraction of sp³-hybridized carbons (Fsp3) is 0.294. The molecule has 2 heterocycles. The molecule has 0 bridgehead atoms. The van der Waals surface area contributed by atoms with Crippen LogP contribution >= 0.6 is 14.7 Å². The van der Waals surface area contributed by atoms with Crippen LogP contribution in [0.15, 0.2) is 121 Å². The molecule has 0 aromatic heterocycles. The van der Waals surface area contributed by atoms with Crippen LogP contribution in [0, 0.1) is 0 Å². The van der Waals surface area contributed by atoms with E-state index in [1.54, 1.807) is 0 Å². The fourth-order valence-electron chi connectivity index (χ4n) is 8.36. The first-order valence-corrected chi connectivity index (χ1v) is 24.9. The molecule has 6 aromatic carbocycles. The Kier molecular flexibility index (Phi) is 12.4. The lowest BCUT2D eigenvalue weighted by Crippen LogP contribution is -2.23. The van der Waals surface area contributed by atoms with Gasteiger partial charge in [-0.2, -0.15) is 0 Å². The molecular formula is C51H54O8P2. The van der Waals surface area contributed by atoms with Gasteiger partial charge in [0.25, 0.3) is 14.7 Å². The number of para-hydroxylation sites is 2. The normalized spacial score (nSPS) is 17.6. The summed E-state index contributed by atoms with van der Waals surface area (Å²) in [6.45, 7) is 9.98. The number of benzene rings is 6. The molecule has 0 fully saturated rings. The largest absolute Gasteiger partial charge is 0.507 e. The molecule has 316 valence electrons. The molecule has 2 unspecified atom stereocenters. The quantitative estimate of drug-likeness (QED) is 0.0731. The maximum absolute atomic E-state index is 15.4. The molecule has 2 aliphatic heterocycles. The third-order valence-electron chi connectivity index (χ3n) is 11.9. The van der Waals surface area contributed by atoms with Crippen molar-refractivity contribution in [3.05, 3.63) is 155 Å². The van der Waals surface area contributed by atoms with E-state index in [0.29, 0.717) is 57.6 Å². The molecule has 2 N–H and O–H groups in total. The molecule has 2 atom stereocenters. The Labute approximate surface area is 359 Å². The minimum absolute atomic E-state index is 0.106. The van der Waals surface area contributed by atoms with Crippen molar-refractivity contribution >= 4 is 25.3 Å². The summed E-state index contributed by atoms with van der Waals surface area (Å²) >= 11 is 0. The Morgan fingerprint density at radius 3 is 1.31 bits per heavy atom. The molecule has 0 saturated heterocycles. The summed E-state index contributed by atoms with van der Waals surface area (Å²) in [4.78, 5) is 0. The molecule has 8 rings (SSSR count). The van der Waals surface area contributed by atoms with Crippen LogP contribution < -0.4 is 19.7 Å². The smallest absolute Gasteiger partial charge is 0.282 e. The van der Waals surface area contributed by atoms with E-state index in [-0.39, 0.29) is 37.0 Å². The maximum atomic E-state index is 15.4. The summed E-state index contributed by atoms with van der Waals surface area (Å²) in [5.74, 6) is 1.08. The van der Waals surface area contributed by atoms with Crippen LogP contribution in [0.4, 0.5) is 0 Å². The number of unbranched alkanes of at least 4 members (excludes halogenated alkanes) is 2. The van der Waals surface area contributed by atoms with Crippen molar-refractivity contribution in [3.63, 3.8) is 0 Å². The molecule has 8 nitrogen and oxygen atoms in total. The van der Waals surface area contributed by atoms with Crippen molar-refractivity contribution < 1.29 is 37.9 Å². The Balaban J connectivity index is 1.26. The SMILES string of the molecule is CCCCOCc1cc(C(C)(C)c2cc(CP3(=O)Oc4ccccc4-c4ccccc43)c(O)c(CP3(=O)Oc4ccccc4-c4ccccc43)c2)cc(COCCCC)c1O. The Morgan fingerprint density at radius 2 is 0.885 bits per heavy atom. The van der Waals surface area contributed by atoms with E-state index in [0.717, 1.165) is 59.1 Å². The molecule has 0 aliphatic carbocycles. The monoisotopic (exact) mass is 856 g/mol. The van der Waals surface area contributed by atoms with Crippen LogP contribution in [-0.2, 0) is 49.6 Å². The van der Waals surface area contributed by atoms with Gasteiger partial charge in [0, 0.05) is 52.0 Å². The summed E-state index contributed by atoms with van der Waals surface area (Å²) in [5, 5.41) is 25.1. The highest BCUT2D eigenvalue weighted by atomic mass is 31.2. The van der Waals surface area contributed by atoms with Crippen molar-refractivity contribution in [1.29, 1.82) is 0 Å². The lowest BCUT2D eigenvalue weighted by Gasteiger charge is -2.32. The highest BCUT2D eigenvalue weighted by Gasteiger charge is 2.40. The van der Waals surface area contributed by atoms with Gasteiger partial charge in [0.1, 0.15) is 23.0 Å². The second kappa shape index (κ2) is 17.7. The number of phenolic OH excluding ortho intramolecular Hbond substituents is 2. The van der Waals surface area contributed by atoms with Gasteiger partial charge < -0.3 is 28.7 Å². The third kappa shape index (κ3) is 8.44. The van der Waals surface area contributed by atoms with Crippen LogP contribution in [-0.4, -0.2) is 23.4 Å². The lowest BCUT2D eigenvalue weighted by molar-refractivity contribution is 0.110. The molecule has 0 radical (unpaired) electrons. The van der Waals surface area contributed by atoms with Crippen LogP contribution in [0.3, 0.4) is 0 Å².